The number of anilines is 1. The number of nitrogens with zero attached hydrogens (tertiary/aromatic N) is 3. The van der Waals surface area contributed by atoms with Gasteiger partial charge in [-0.05, 0) is 42.1 Å². The molecule has 1 saturated heterocycles. The Morgan fingerprint density at radius 3 is 2.74 bits per heavy atom. The number of halogens is 1. The summed E-state index contributed by atoms with van der Waals surface area (Å²) in [6.45, 7) is 7.90. The minimum Gasteiger partial charge on any atom is -0.390 e. The molecule has 1 N–H and O–H groups in total. The topological polar surface area (TPSA) is 49.2 Å². The highest BCUT2D eigenvalue weighted by molar-refractivity contribution is 9.10. The number of hydrogen-bond donors (Lipinski definition) is 1. The molecule has 1 aliphatic heterocycles. The molecule has 19 heavy (non-hydrogen) atoms. The van der Waals surface area contributed by atoms with Crippen molar-refractivity contribution in [3.8, 4) is 0 Å². The Bertz CT molecular complexity index is 448. The van der Waals surface area contributed by atoms with Crippen LogP contribution in [-0.4, -0.2) is 33.8 Å². The molecular formula is C14H22BrN3O. The summed E-state index contributed by atoms with van der Waals surface area (Å²) in [5.74, 6) is 2.13. The molecule has 106 valence electrons. The Morgan fingerprint density at radius 1 is 1.32 bits per heavy atom. The number of hydrogen-bond acceptors (Lipinski definition) is 4. The molecule has 0 aliphatic carbocycles. The van der Waals surface area contributed by atoms with E-state index < -0.39 is 5.60 Å². The molecule has 4 nitrogen and oxygen atoms in total. The molecular weight excluding hydrogens is 306 g/mol. The monoisotopic (exact) mass is 327 g/mol. The maximum absolute atomic E-state index is 10.1. The minimum absolute atomic E-state index is 0.311. The maximum Gasteiger partial charge on any atom is 0.134 e. The van der Waals surface area contributed by atoms with Gasteiger partial charge >= 0.3 is 0 Å². The highest BCUT2D eigenvalue weighted by Crippen LogP contribution is 2.26. The fourth-order valence-corrected chi connectivity index (χ4v) is 2.72. The zero-order valence-electron chi connectivity index (χ0n) is 11.9. The molecule has 0 saturated carbocycles. The Morgan fingerprint density at radius 2 is 2.05 bits per heavy atom. The number of aromatic nitrogens is 2. The molecule has 0 aromatic carbocycles. The van der Waals surface area contributed by atoms with Gasteiger partial charge in [-0.2, -0.15) is 0 Å². The van der Waals surface area contributed by atoms with E-state index in [4.69, 9.17) is 0 Å². The molecule has 0 radical (unpaired) electrons. The minimum atomic E-state index is -0.542. The predicted molar refractivity (Wildman–Crippen MR) is 80.5 cm³/mol. The molecule has 0 amide bonds. The van der Waals surface area contributed by atoms with E-state index >= 15 is 0 Å². The first kappa shape index (κ1) is 14.7. The summed E-state index contributed by atoms with van der Waals surface area (Å²) in [5.41, 5.74) is -0.542. The van der Waals surface area contributed by atoms with Crippen LogP contribution in [0.3, 0.4) is 0 Å². The summed E-state index contributed by atoms with van der Waals surface area (Å²) < 4.78 is 0.831. The van der Waals surface area contributed by atoms with Crippen molar-refractivity contribution in [2.75, 3.05) is 18.0 Å². The average Bonchev–Trinajstić information content (AvgIpc) is 2.49. The second kappa shape index (κ2) is 5.75. The van der Waals surface area contributed by atoms with Gasteiger partial charge < -0.3 is 10.0 Å². The molecule has 1 aliphatic rings. The van der Waals surface area contributed by atoms with Crippen molar-refractivity contribution in [2.45, 2.75) is 51.6 Å². The van der Waals surface area contributed by atoms with Crippen LogP contribution in [0.1, 0.15) is 51.8 Å². The molecule has 2 heterocycles. The van der Waals surface area contributed by atoms with Crippen molar-refractivity contribution in [2.24, 2.45) is 0 Å². The van der Waals surface area contributed by atoms with Crippen molar-refractivity contribution in [1.82, 2.24) is 9.97 Å². The van der Waals surface area contributed by atoms with E-state index in [9.17, 15) is 5.11 Å². The van der Waals surface area contributed by atoms with Gasteiger partial charge in [-0.1, -0.05) is 13.8 Å². The Labute approximate surface area is 123 Å². The summed E-state index contributed by atoms with van der Waals surface area (Å²) in [5, 5.41) is 10.1. The van der Waals surface area contributed by atoms with Gasteiger partial charge in [-0.25, -0.2) is 9.97 Å². The van der Waals surface area contributed by atoms with Crippen LogP contribution in [0.2, 0.25) is 0 Å². The summed E-state index contributed by atoms with van der Waals surface area (Å²) in [7, 11) is 0. The van der Waals surface area contributed by atoms with Gasteiger partial charge in [0.15, 0.2) is 0 Å². The third-order valence-electron chi connectivity index (χ3n) is 3.60. The first-order valence-corrected chi connectivity index (χ1v) is 7.68. The SMILES string of the molecule is CC(C)c1nc(Br)cc(N2CCCC(C)(O)CC2)n1. The van der Waals surface area contributed by atoms with E-state index in [2.05, 4.69) is 44.6 Å². The Kier molecular flexibility index (Phi) is 4.46. The van der Waals surface area contributed by atoms with E-state index in [1.807, 2.05) is 13.0 Å². The van der Waals surface area contributed by atoms with Crippen LogP contribution in [0.5, 0.6) is 0 Å². The van der Waals surface area contributed by atoms with Crippen molar-refractivity contribution >= 4 is 21.7 Å². The lowest BCUT2D eigenvalue weighted by atomic mass is 9.98. The molecule has 0 bridgehead atoms. The molecule has 1 atom stereocenters. The van der Waals surface area contributed by atoms with E-state index in [0.29, 0.717) is 5.92 Å². The van der Waals surface area contributed by atoms with Crippen LogP contribution < -0.4 is 4.90 Å². The molecule has 1 unspecified atom stereocenters. The first-order valence-electron chi connectivity index (χ1n) is 6.89. The van der Waals surface area contributed by atoms with Crippen LogP contribution in [-0.2, 0) is 0 Å². The fourth-order valence-electron chi connectivity index (χ4n) is 2.34. The average molecular weight is 328 g/mol. The van der Waals surface area contributed by atoms with Crippen LogP contribution in [0, 0.1) is 0 Å². The van der Waals surface area contributed by atoms with E-state index in [1.54, 1.807) is 0 Å². The molecule has 1 aromatic heterocycles. The summed E-state index contributed by atoms with van der Waals surface area (Å²) in [6, 6.07) is 1.96. The standard InChI is InChI=1S/C14H22BrN3O/c1-10(2)13-16-11(15)9-12(17-13)18-7-4-5-14(3,19)6-8-18/h9-10,19H,4-8H2,1-3H3. The molecule has 1 aromatic rings. The predicted octanol–water partition coefficient (Wildman–Crippen LogP) is 3.10. The second-order valence-corrected chi connectivity index (χ2v) is 6.71. The molecule has 0 spiro atoms. The Hall–Kier alpha value is -0.680. The highest BCUT2D eigenvalue weighted by Gasteiger charge is 2.25. The molecule has 5 heteroatoms. The quantitative estimate of drug-likeness (QED) is 0.848. The van der Waals surface area contributed by atoms with Crippen molar-refractivity contribution < 1.29 is 5.11 Å². The van der Waals surface area contributed by atoms with E-state index in [-0.39, 0.29) is 0 Å². The molecule has 1 fully saturated rings. The van der Waals surface area contributed by atoms with Gasteiger partial charge in [0, 0.05) is 25.1 Å². The highest BCUT2D eigenvalue weighted by atomic mass is 79.9. The van der Waals surface area contributed by atoms with Gasteiger partial charge in [-0.3, -0.25) is 0 Å². The third kappa shape index (κ3) is 3.89. The lowest BCUT2D eigenvalue weighted by Crippen LogP contribution is -2.29. The van der Waals surface area contributed by atoms with Gasteiger partial charge in [0.1, 0.15) is 16.2 Å². The van der Waals surface area contributed by atoms with Gasteiger partial charge in [0.2, 0.25) is 0 Å². The lowest BCUT2D eigenvalue weighted by molar-refractivity contribution is 0.0481. The van der Waals surface area contributed by atoms with Gasteiger partial charge in [-0.15, -0.1) is 0 Å². The van der Waals surface area contributed by atoms with Gasteiger partial charge in [0.25, 0.3) is 0 Å². The van der Waals surface area contributed by atoms with Crippen molar-refractivity contribution in [3.05, 3.63) is 16.5 Å². The number of rotatable bonds is 2. The lowest BCUT2D eigenvalue weighted by Gasteiger charge is -2.24. The number of aliphatic hydroxyl groups is 1. The fraction of sp³-hybridized carbons (Fsp3) is 0.714. The van der Waals surface area contributed by atoms with Gasteiger partial charge in [0.05, 0.1) is 5.60 Å². The smallest absolute Gasteiger partial charge is 0.134 e. The van der Waals surface area contributed by atoms with E-state index in [0.717, 1.165) is 48.6 Å². The summed E-state index contributed by atoms with van der Waals surface area (Å²) in [4.78, 5) is 11.3. The van der Waals surface area contributed by atoms with Crippen LogP contribution in [0.4, 0.5) is 5.82 Å². The van der Waals surface area contributed by atoms with E-state index in [1.165, 1.54) is 0 Å². The maximum atomic E-state index is 10.1. The van der Waals surface area contributed by atoms with Crippen LogP contribution >= 0.6 is 15.9 Å². The van der Waals surface area contributed by atoms with Crippen molar-refractivity contribution in [1.29, 1.82) is 0 Å². The largest absolute Gasteiger partial charge is 0.390 e. The van der Waals surface area contributed by atoms with Crippen LogP contribution in [0.15, 0.2) is 10.7 Å². The summed E-state index contributed by atoms with van der Waals surface area (Å²) in [6.07, 6.45) is 2.63. The summed E-state index contributed by atoms with van der Waals surface area (Å²) >= 11 is 3.46. The zero-order valence-corrected chi connectivity index (χ0v) is 13.4. The first-order chi connectivity index (χ1) is 8.87. The third-order valence-corrected chi connectivity index (χ3v) is 4.01. The van der Waals surface area contributed by atoms with Crippen LogP contribution in [0.25, 0.3) is 0 Å². The normalized spacial score (nSPS) is 24.6. The Balaban J connectivity index is 2.21. The zero-order chi connectivity index (χ0) is 14.0. The molecule has 2 rings (SSSR count). The van der Waals surface area contributed by atoms with Crippen molar-refractivity contribution in [3.63, 3.8) is 0 Å². The second-order valence-electron chi connectivity index (χ2n) is 5.90.